The molecule has 2 aliphatic rings. The molecule has 1 aliphatic heterocycles. The van der Waals surface area contributed by atoms with Gasteiger partial charge in [0.25, 0.3) is 5.69 Å². The first kappa shape index (κ1) is 16.7. The number of nitrogens with one attached hydrogen (secondary N) is 1. The topological polar surface area (TPSA) is 84.7 Å². The maximum Gasteiger partial charge on any atom is 0.328 e. The number of nitro benzene ring substituents is 1. The zero-order chi connectivity index (χ0) is 17.2. The molecule has 1 heterocycles. The van der Waals surface area contributed by atoms with E-state index in [0.29, 0.717) is 19.6 Å². The molecule has 3 rings (SSSR count). The van der Waals surface area contributed by atoms with Crippen LogP contribution in [-0.2, 0) is 9.53 Å². The molecule has 1 aliphatic carbocycles. The number of rotatable bonds is 5. The van der Waals surface area contributed by atoms with Gasteiger partial charge in [0.05, 0.1) is 17.2 Å². The van der Waals surface area contributed by atoms with Gasteiger partial charge >= 0.3 is 5.97 Å². The molecule has 0 bridgehead atoms. The lowest BCUT2D eigenvalue weighted by atomic mass is 9.81. The molecule has 1 saturated carbocycles. The summed E-state index contributed by atoms with van der Waals surface area (Å²) in [7, 11) is 0. The summed E-state index contributed by atoms with van der Waals surface area (Å²) in [6.07, 6.45) is 5.03. The quantitative estimate of drug-likeness (QED) is 0.507. The van der Waals surface area contributed by atoms with Crippen LogP contribution in [0.4, 0.5) is 11.4 Å². The highest BCUT2D eigenvalue weighted by atomic mass is 16.6. The van der Waals surface area contributed by atoms with Crippen molar-refractivity contribution < 1.29 is 14.5 Å². The molecule has 0 aromatic heterocycles. The standard InChI is InChI=1S/C17H23N3O4/c1-2-24-16(21)17(13-5-3-4-6-13)11-12-19(18-17)14-7-9-15(10-8-14)20(22)23/h7-10,13,18H,2-6,11-12H2,1H3. The number of benzene rings is 1. The van der Waals surface area contributed by atoms with Gasteiger partial charge in [-0.25, -0.2) is 10.2 Å². The van der Waals surface area contributed by atoms with Crippen molar-refractivity contribution in [2.45, 2.75) is 44.6 Å². The Balaban J connectivity index is 1.81. The Kier molecular flexibility index (Phi) is 4.71. The van der Waals surface area contributed by atoms with E-state index < -0.39 is 10.5 Å². The van der Waals surface area contributed by atoms with Crippen LogP contribution in [0.3, 0.4) is 0 Å². The SMILES string of the molecule is CCOC(=O)C1(C2CCCC2)CCN(c2ccc([N+](=O)[O-])cc2)N1. The van der Waals surface area contributed by atoms with Gasteiger partial charge in [-0.1, -0.05) is 12.8 Å². The largest absolute Gasteiger partial charge is 0.465 e. The molecule has 1 atom stereocenters. The molecule has 1 aromatic carbocycles. The molecule has 0 amide bonds. The number of nitro groups is 1. The van der Waals surface area contributed by atoms with Crippen molar-refractivity contribution in [2.24, 2.45) is 5.92 Å². The van der Waals surface area contributed by atoms with Crippen LogP contribution < -0.4 is 10.4 Å². The number of esters is 1. The van der Waals surface area contributed by atoms with Gasteiger partial charge < -0.3 is 9.75 Å². The molecule has 7 heteroatoms. The third-order valence-electron chi connectivity index (χ3n) is 5.13. The minimum absolute atomic E-state index is 0.0606. The van der Waals surface area contributed by atoms with Gasteiger partial charge in [0.1, 0.15) is 5.54 Å². The summed E-state index contributed by atoms with van der Waals surface area (Å²) in [4.78, 5) is 23.0. The van der Waals surface area contributed by atoms with Crippen LogP contribution in [0.5, 0.6) is 0 Å². The third kappa shape index (κ3) is 2.96. The second kappa shape index (κ2) is 6.76. The Bertz CT molecular complexity index is 613. The summed E-state index contributed by atoms with van der Waals surface area (Å²) in [6.45, 7) is 2.86. The van der Waals surface area contributed by atoms with E-state index in [0.717, 1.165) is 31.4 Å². The Morgan fingerprint density at radius 2 is 2.04 bits per heavy atom. The molecule has 1 saturated heterocycles. The first-order chi connectivity index (χ1) is 11.6. The monoisotopic (exact) mass is 333 g/mol. The van der Waals surface area contributed by atoms with Gasteiger partial charge in [-0.05, 0) is 44.2 Å². The maximum atomic E-state index is 12.7. The van der Waals surface area contributed by atoms with Crippen LogP contribution in [-0.4, -0.2) is 29.6 Å². The number of non-ortho nitro benzene ring substituents is 1. The van der Waals surface area contributed by atoms with E-state index >= 15 is 0 Å². The van der Waals surface area contributed by atoms with Crippen LogP contribution in [0.15, 0.2) is 24.3 Å². The number of hydrogen-bond donors (Lipinski definition) is 1. The molecule has 1 N–H and O–H groups in total. The first-order valence-electron chi connectivity index (χ1n) is 8.54. The van der Waals surface area contributed by atoms with Gasteiger partial charge in [-0.15, -0.1) is 0 Å². The number of hydrazine groups is 1. The van der Waals surface area contributed by atoms with E-state index in [9.17, 15) is 14.9 Å². The summed E-state index contributed by atoms with van der Waals surface area (Å²) in [5.41, 5.74) is 3.60. The molecule has 0 radical (unpaired) electrons. The van der Waals surface area contributed by atoms with Crippen molar-refractivity contribution in [3.63, 3.8) is 0 Å². The third-order valence-corrected chi connectivity index (χ3v) is 5.13. The van der Waals surface area contributed by atoms with E-state index in [-0.39, 0.29) is 17.6 Å². The average Bonchev–Trinajstić information content (AvgIpc) is 3.25. The average molecular weight is 333 g/mol. The van der Waals surface area contributed by atoms with Crippen LogP contribution >= 0.6 is 0 Å². The fourth-order valence-corrected chi connectivity index (χ4v) is 3.88. The first-order valence-corrected chi connectivity index (χ1v) is 8.54. The molecule has 0 spiro atoms. The number of hydrogen-bond acceptors (Lipinski definition) is 6. The number of ether oxygens (including phenoxy) is 1. The Morgan fingerprint density at radius 1 is 1.38 bits per heavy atom. The lowest BCUT2D eigenvalue weighted by Gasteiger charge is -2.34. The van der Waals surface area contributed by atoms with Crippen molar-refractivity contribution >= 4 is 17.3 Å². The van der Waals surface area contributed by atoms with E-state index in [1.165, 1.54) is 12.1 Å². The molecular formula is C17H23N3O4. The number of anilines is 1. The minimum Gasteiger partial charge on any atom is -0.465 e. The van der Waals surface area contributed by atoms with Crippen molar-refractivity contribution in [1.82, 2.24) is 5.43 Å². The van der Waals surface area contributed by atoms with Crippen molar-refractivity contribution in [1.29, 1.82) is 0 Å². The number of nitrogens with zero attached hydrogens (tertiary/aromatic N) is 2. The fourth-order valence-electron chi connectivity index (χ4n) is 3.88. The van der Waals surface area contributed by atoms with E-state index in [4.69, 9.17) is 4.74 Å². The minimum atomic E-state index is -0.672. The van der Waals surface area contributed by atoms with Crippen LogP contribution in [0, 0.1) is 16.0 Å². The van der Waals surface area contributed by atoms with Gasteiger partial charge in [0.15, 0.2) is 0 Å². The summed E-state index contributed by atoms with van der Waals surface area (Å²) in [5, 5.41) is 12.7. The zero-order valence-corrected chi connectivity index (χ0v) is 13.9. The number of carbonyl (C=O) groups is 1. The highest BCUT2D eigenvalue weighted by Crippen LogP contribution is 2.40. The van der Waals surface area contributed by atoms with Gasteiger partial charge in [0, 0.05) is 18.7 Å². The Hall–Kier alpha value is -2.15. The summed E-state index contributed by atoms with van der Waals surface area (Å²) >= 11 is 0. The normalized spacial score (nSPS) is 24.3. The second-order valence-electron chi connectivity index (χ2n) is 6.46. The molecule has 7 nitrogen and oxygen atoms in total. The summed E-state index contributed by atoms with van der Waals surface area (Å²) < 4.78 is 5.36. The van der Waals surface area contributed by atoms with Gasteiger partial charge in [0.2, 0.25) is 0 Å². The van der Waals surface area contributed by atoms with Crippen LogP contribution in [0.2, 0.25) is 0 Å². The van der Waals surface area contributed by atoms with Crippen molar-refractivity contribution in [3.8, 4) is 0 Å². The smallest absolute Gasteiger partial charge is 0.328 e. The van der Waals surface area contributed by atoms with Crippen LogP contribution in [0.25, 0.3) is 0 Å². The van der Waals surface area contributed by atoms with Crippen LogP contribution in [0.1, 0.15) is 39.0 Å². The van der Waals surface area contributed by atoms with Crippen molar-refractivity contribution in [3.05, 3.63) is 34.4 Å². The Labute approximate surface area is 141 Å². The molecule has 130 valence electrons. The second-order valence-corrected chi connectivity index (χ2v) is 6.46. The lowest BCUT2D eigenvalue weighted by molar-refractivity contribution is -0.384. The van der Waals surface area contributed by atoms with Gasteiger partial charge in [-0.2, -0.15) is 0 Å². The summed E-state index contributed by atoms with van der Waals surface area (Å²) in [5.74, 6) is 0.0981. The molecule has 1 aromatic rings. The summed E-state index contributed by atoms with van der Waals surface area (Å²) in [6, 6.07) is 6.38. The molecular weight excluding hydrogens is 310 g/mol. The molecule has 1 unspecified atom stereocenters. The number of carbonyl (C=O) groups excluding carboxylic acids is 1. The van der Waals surface area contributed by atoms with E-state index in [1.54, 1.807) is 12.1 Å². The van der Waals surface area contributed by atoms with E-state index in [1.807, 2.05) is 11.9 Å². The Morgan fingerprint density at radius 3 is 2.62 bits per heavy atom. The zero-order valence-electron chi connectivity index (χ0n) is 13.9. The predicted octanol–water partition coefficient (Wildman–Crippen LogP) is 2.80. The van der Waals surface area contributed by atoms with E-state index in [2.05, 4.69) is 5.43 Å². The van der Waals surface area contributed by atoms with Gasteiger partial charge in [-0.3, -0.25) is 10.1 Å². The molecule has 24 heavy (non-hydrogen) atoms. The predicted molar refractivity (Wildman–Crippen MR) is 89.5 cm³/mol. The maximum absolute atomic E-state index is 12.7. The van der Waals surface area contributed by atoms with Crippen molar-refractivity contribution in [2.75, 3.05) is 18.2 Å². The highest BCUT2D eigenvalue weighted by molar-refractivity contribution is 5.82. The fraction of sp³-hybridized carbons (Fsp3) is 0.588. The highest BCUT2D eigenvalue weighted by Gasteiger charge is 2.52. The molecule has 2 fully saturated rings. The lowest BCUT2D eigenvalue weighted by Crippen LogP contribution is -2.57.